The first-order chi connectivity index (χ1) is 14.7. The highest BCUT2D eigenvalue weighted by Gasteiger charge is 2.19. The molecule has 0 saturated carbocycles. The summed E-state index contributed by atoms with van der Waals surface area (Å²) in [7, 11) is 3.20. The number of carbonyl (C=O) groups excluding carboxylic acids is 1. The molecule has 6 nitrogen and oxygen atoms in total. The Labute approximate surface area is 174 Å². The van der Waals surface area contributed by atoms with Crippen molar-refractivity contribution in [2.75, 3.05) is 26.1 Å². The van der Waals surface area contributed by atoms with Crippen LogP contribution in [0.3, 0.4) is 0 Å². The molecule has 4 aromatic rings. The predicted molar refractivity (Wildman–Crippen MR) is 118 cm³/mol. The Bertz CT molecular complexity index is 1240. The maximum absolute atomic E-state index is 12.7. The van der Waals surface area contributed by atoms with E-state index in [1.54, 1.807) is 27.3 Å². The average molecular weight is 402 g/mol. The molecule has 1 aromatic heterocycles. The van der Waals surface area contributed by atoms with Gasteiger partial charge in [-0.25, -0.2) is 4.79 Å². The highest BCUT2D eigenvalue weighted by molar-refractivity contribution is 6.13. The second kappa shape index (κ2) is 8.29. The molecule has 152 valence electrons. The quantitative estimate of drug-likeness (QED) is 0.347. The maximum Gasteiger partial charge on any atom is 0.341 e. The lowest BCUT2D eigenvalue weighted by Crippen LogP contribution is -2.09. The number of ether oxygens (including phenoxy) is 3. The van der Waals surface area contributed by atoms with Gasteiger partial charge in [-0.15, -0.1) is 0 Å². The van der Waals surface area contributed by atoms with E-state index in [4.69, 9.17) is 14.2 Å². The molecule has 0 aliphatic carbocycles. The van der Waals surface area contributed by atoms with E-state index in [1.807, 2.05) is 54.6 Å². The third kappa shape index (κ3) is 3.48. The lowest BCUT2D eigenvalue weighted by atomic mass is 10.0. The smallest absolute Gasteiger partial charge is 0.341 e. The van der Waals surface area contributed by atoms with Crippen LogP contribution >= 0.6 is 0 Å². The Hall–Kier alpha value is -3.80. The SMILES string of the molecule is CCOC(=O)c1cnc2c(ccc3ccccc32)c1Nc1cc(OC)ccc1OC. The third-order valence-electron chi connectivity index (χ3n) is 4.92. The van der Waals surface area contributed by atoms with Crippen LogP contribution in [-0.2, 0) is 4.74 Å². The average Bonchev–Trinajstić information content (AvgIpc) is 2.79. The summed E-state index contributed by atoms with van der Waals surface area (Å²) in [5, 5.41) is 6.26. The Morgan fingerprint density at radius 2 is 1.83 bits per heavy atom. The summed E-state index contributed by atoms with van der Waals surface area (Å²) in [6, 6.07) is 17.4. The van der Waals surface area contributed by atoms with Gasteiger partial charge in [0.1, 0.15) is 17.1 Å². The molecule has 0 amide bonds. The molecular formula is C24H22N2O4. The number of anilines is 2. The van der Waals surface area contributed by atoms with Gasteiger partial charge >= 0.3 is 5.97 Å². The molecule has 0 bridgehead atoms. The van der Waals surface area contributed by atoms with Crippen molar-refractivity contribution in [2.24, 2.45) is 0 Å². The summed E-state index contributed by atoms with van der Waals surface area (Å²) >= 11 is 0. The van der Waals surface area contributed by atoms with Gasteiger partial charge in [-0.1, -0.05) is 36.4 Å². The fourth-order valence-corrected chi connectivity index (χ4v) is 3.48. The van der Waals surface area contributed by atoms with Crippen molar-refractivity contribution in [3.05, 3.63) is 66.4 Å². The molecule has 0 aliphatic rings. The molecule has 0 radical (unpaired) electrons. The van der Waals surface area contributed by atoms with Crippen molar-refractivity contribution < 1.29 is 19.0 Å². The Morgan fingerprint density at radius 3 is 2.60 bits per heavy atom. The topological polar surface area (TPSA) is 69.7 Å². The number of nitrogens with one attached hydrogen (secondary N) is 1. The standard InChI is InChI=1S/C24H22N2O4/c1-4-30-24(27)19-14-25-22-17-8-6-5-7-15(17)9-11-18(22)23(19)26-20-13-16(28-2)10-12-21(20)29-3/h5-14H,4H2,1-3H3,(H,25,26). The van der Waals surface area contributed by atoms with Crippen LogP contribution in [0.2, 0.25) is 0 Å². The van der Waals surface area contributed by atoms with Gasteiger partial charge < -0.3 is 19.5 Å². The lowest BCUT2D eigenvalue weighted by molar-refractivity contribution is 0.0527. The fraction of sp³-hybridized carbons (Fsp3) is 0.167. The van der Waals surface area contributed by atoms with Crippen LogP contribution < -0.4 is 14.8 Å². The van der Waals surface area contributed by atoms with E-state index in [1.165, 1.54) is 0 Å². The van der Waals surface area contributed by atoms with Crippen LogP contribution in [-0.4, -0.2) is 31.8 Å². The fourth-order valence-electron chi connectivity index (χ4n) is 3.48. The minimum absolute atomic E-state index is 0.274. The Balaban J connectivity index is 1.96. The number of fused-ring (bicyclic) bond motifs is 3. The van der Waals surface area contributed by atoms with E-state index >= 15 is 0 Å². The first-order valence-corrected chi connectivity index (χ1v) is 9.63. The zero-order valence-corrected chi connectivity index (χ0v) is 17.1. The molecule has 4 rings (SSSR count). The van der Waals surface area contributed by atoms with Crippen LogP contribution in [0.25, 0.3) is 21.7 Å². The van der Waals surface area contributed by atoms with Crippen molar-refractivity contribution in [2.45, 2.75) is 6.92 Å². The van der Waals surface area contributed by atoms with Crippen molar-refractivity contribution in [1.29, 1.82) is 0 Å². The van der Waals surface area contributed by atoms with Crippen LogP contribution in [0.15, 0.2) is 60.8 Å². The molecule has 30 heavy (non-hydrogen) atoms. The van der Waals surface area contributed by atoms with Crippen LogP contribution in [0.4, 0.5) is 11.4 Å². The summed E-state index contributed by atoms with van der Waals surface area (Å²) in [5.41, 5.74) is 2.42. The van der Waals surface area contributed by atoms with Gasteiger partial charge in [-0.2, -0.15) is 0 Å². The molecule has 1 heterocycles. The second-order valence-corrected chi connectivity index (χ2v) is 6.64. The summed E-state index contributed by atoms with van der Waals surface area (Å²) in [4.78, 5) is 17.3. The Kier molecular flexibility index (Phi) is 5.39. The summed E-state index contributed by atoms with van der Waals surface area (Å²) in [6.45, 7) is 2.05. The lowest BCUT2D eigenvalue weighted by Gasteiger charge is -2.17. The molecule has 0 atom stereocenters. The van der Waals surface area contributed by atoms with Gasteiger partial charge in [0.2, 0.25) is 0 Å². The minimum atomic E-state index is -0.440. The number of rotatable bonds is 6. The van der Waals surface area contributed by atoms with Crippen molar-refractivity contribution in [3.63, 3.8) is 0 Å². The van der Waals surface area contributed by atoms with Crippen molar-refractivity contribution in [3.8, 4) is 11.5 Å². The number of hydrogen-bond donors (Lipinski definition) is 1. The molecule has 0 fully saturated rings. The molecular weight excluding hydrogens is 380 g/mol. The number of hydrogen-bond acceptors (Lipinski definition) is 6. The molecule has 3 aromatic carbocycles. The van der Waals surface area contributed by atoms with Gasteiger partial charge in [-0.3, -0.25) is 4.98 Å². The number of aromatic nitrogens is 1. The summed E-state index contributed by atoms with van der Waals surface area (Å²) in [6.07, 6.45) is 1.56. The zero-order chi connectivity index (χ0) is 21.1. The largest absolute Gasteiger partial charge is 0.497 e. The summed E-state index contributed by atoms with van der Waals surface area (Å²) in [5.74, 6) is 0.848. The monoisotopic (exact) mass is 402 g/mol. The van der Waals surface area contributed by atoms with Gasteiger partial charge in [0.25, 0.3) is 0 Å². The minimum Gasteiger partial charge on any atom is -0.497 e. The molecule has 0 saturated heterocycles. The van der Waals surface area contributed by atoms with E-state index in [2.05, 4.69) is 10.3 Å². The van der Waals surface area contributed by atoms with Gasteiger partial charge in [0, 0.05) is 23.0 Å². The van der Waals surface area contributed by atoms with E-state index in [0.717, 1.165) is 21.7 Å². The number of benzene rings is 3. The zero-order valence-electron chi connectivity index (χ0n) is 17.1. The van der Waals surface area contributed by atoms with E-state index < -0.39 is 5.97 Å². The van der Waals surface area contributed by atoms with E-state index in [0.29, 0.717) is 28.4 Å². The van der Waals surface area contributed by atoms with Crippen LogP contribution in [0, 0.1) is 0 Å². The van der Waals surface area contributed by atoms with Gasteiger partial charge in [0.15, 0.2) is 0 Å². The molecule has 1 N–H and O–H groups in total. The highest BCUT2D eigenvalue weighted by Crippen LogP contribution is 2.37. The first kappa shape index (κ1) is 19.5. The van der Waals surface area contributed by atoms with Crippen molar-refractivity contribution >= 4 is 39.0 Å². The maximum atomic E-state index is 12.7. The normalized spacial score (nSPS) is 10.8. The number of carbonyl (C=O) groups is 1. The van der Waals surface area contributed by atoms with E-state index in [9.17, 15) is 4.79 Å². The molecule has 0 spiro atoms. The predicted octanol–water partition coefficient (Wildman–Crippen LogP) is 5.33. The molecule has 0 aliphatic heterocycles. The second-order valence-electron chi connectivity index (χ2n) is 6.64. The van der Waals surface area contributed by atoms with Crippen LogP contribution in [0.1, 0.15) is 17.3 Å². The Morgan fingerprint density at radius 1 is 1.00 bits per heavy atom. The van der Waals surface area contributed by atoms with Gasteiger partial charge in [-0.05, 0) is 24.4 Å². The number of nitrogens with zero attached hydrogens (tertiary/aromatic N) is 1. The van der Waals surface area contributed by atoms with E-state index in [-0.39, 0.29) is 6.61 Å². The van der Waals surface area contributed by atoms with Crippen molar-refractivity contribution in [1.82, 2.24) is 4.98 Å². The molecule has 6 heteroatoms. The first-order valence-electron chi connectivity index (χ1n) is 9.63. The highest BCUT2D eigenvalue weighted by atomic mass is 16.5. The third-order valence-corrected chi connectivity index (χ3v) is 4.92. The van der Waals surface area contributed by atoms with Crippen LogP contribution in [0.5, 0.6) is 11.5 Å². The molecule has 0 unspecified atom stereocenters. The number of esters is 1. The number of pyridine rings is 1. The number of methoxy groups -OCH3 is 2. The van der Waals surface area contributed by atoms with Gasteiger partial charge in [0.05, 0.1) is 37.7 Å². The summed E-state index contributed by atoms with van der Waals surface area (Å²) < 4.78 is 16.1.